The van der Waals surface area contributed by atoms with E-state index in [-0.39, 0.29) is 29.5 Å². The Morgan fingerprint density at radius 3 is 2.48 bits per heavy atom. The predicted molar refractivity (Wildman–Crippen MR) is 84.3 cm³/mol. The Morgan fingerprint density at radius 1 is 1.29 bits per heavy atom. The molecule has 118 valence electrons. The van der Waals surface area contributed by atoms with Gasteiger partial charge in [0.05, 0.1) is 16.4 Å². The zero-order valence-electron chi connectivity index (χ0n) is 11.5. The molecule has 1 fully saturated rings. The van der Waals surface area contributed by atoms with Crippen LogP contribution in [0.15, 0.2) is 27.6 Å². The summed E-state index contributed by atoms with van der Waals surface area (Å²) in [5, 5.41) is 2.97. The number of rotatable bonds is 4. The third kappa shape index (κ3) is 3.84. The van der Waals surface area contributed by atoms with Gasteiger partial charge in [0.2, 0.25) is 10.0 Å². The molecule has 9 heteroatoms. The summed E-state index contributed by atoms with van der Waals surface area (Å²) in [6.45, 7) is 0.574. The van der Waals surface area contributed by atoms with Gasteiger partial charge in [-0.1, -0.05) is 6.07 Å². The number of hydrogen-bond acceptors (Lipinski definition) is 5. The topological polar surface area (TPSA) is 83.6 Å². The number of hydrogen-bond donors (Lipinski definition) is 1. The second-order valence-electron chi connectivity index (χ2n) is 4.85. The summed E-state index contributed by atoms with van der Waals surface area (Å²) in [6, 6.07) is 5.14. The molecule has 1 N–H and O–H groups in total. The average Bonchev–Trinajstić information content (AvgIpc) is 2.40. The minimum absolute atomic E-state index is 0.00730. The normalized spacial score (nSPS) is 19.5. The molecule has 0 atom stereocenters. The van der Waals surface area contributed by atoms with E-state index in [1.54, 1.807) is 19.2 Å². The Kier molecular flexibility index (Phi) is 5.09. The lowest BCUT2D eigenvalue weighted by atomic mass is 10.2. The van der Waals surface area contributed by atoms with Gasteiger partial charge in [-0.15, -0.1) is 0 Å². The molecule has 0 aliphatic carbocycles. The Bertz CT molecular complexity index is 718. The fourth-order valence-electron chi connectivity index (χ4n) is 2.13. The number of nitrogens with one attached hydrogen (secondary N) is 1. The lowest BCUT2D eigenvalue weighted by Crippen LogP contribution is -2.43. The van der Waals surface area contributed by atoms with Gasteiger partial charge in [0.15, 0.2) is 9.84 Å². The van der Waals surface area contributed by atoms with Crippen LogP contribution in [-0.2, 0) is 26.4 Å². The maximum absolute atomic E-state index is 12.7. The highest BCUT2D eigenvalue weighted by molar-refractivity contribution is 9.10. The van der Waals surface area contributed by atoms with Gasteiger partial charge in [-0.3, -0.25) is 0 Å². The van der Waals surface area contributed by atoms with Crippen LogP contribution in [-0.4, -0.2) is 52.8 Å². The van der Waals surface area contributed by atoms with Crippen LogP contribution in [0.5, 0.6) is 0 Å². The van der Waals surface area contributed by atoms with Crippen molar-refractivity contribution in [2.45, 2.75) is 11.4 Å². The van der Waals surface area contributed by atoms with E-state index in [0.29, 0.717) is 11.0 Å². The van der Waals surface area contributed by atoms with E-state index in [1.807, 2.05) is 6.07 Å². The van der Waals surface area contributed by atoms with E-state index in [0.717, 1.165) is 5.56 Å². The lowest BCUT2D eigenvalue weighted by Gasteiger charge is -2.26. The van der Waals surface area contributed by atoms with Gasteiger partial charge in [-0.2, -0.15) is 4.31 Å². The molecule has 1 aliphatic heterocycles. The molecule has 0 amide bonds. The van der Waals surface area contributed by atoms with E-state index in [2.05, 4.69) is 21.2 Å². The largest absolute Gasteiger partial charge is 0.316 e. The van der Waals surface area contributed by atoms with Gasteiger partial charge in [0.1, 0.15) is 0 Å². The quantitative estimate of drug-likeness (QED) is 0.804. The summed E-state index contributed by atoms with van der Waals surface area (Å²) in [7, 11) is -5.02. The van der Waals surface area contributed by atoms with Crippen LogP contribution in [0.4, 0.5) is 0 Å². The zero-order valence-corrected chi connectivity index (χ0v) is 14.8. The molecule has 1 aromatic carbocycles. The van der Waals surface area contributed by atoms with Crippen molar-refractivity contribution in [2.24, 2.45) is 0 Å². The third-order valence-corrected chi connectivity index (χ3v) is 7.80. The van der Waals surface area contributed by atoms with E-state index >= 15 is 0 Å². The highest BCUT2D eigenvalue weighted by Crippen LogP contribution is 2.27. The molecule has 21 heavy (non-hydrogen) atoms. The van der Waals surface area contributed by atoms with Crippen molar-refractivity contribution in [1.82, 2.24) is 9.62 Å². The van der Waals surface area contributed by atoms with Gasteiger partial charge >= 0.3 is 0 Å². The molecular weight excluding hydrogens is 380 g/mol. The summed E-state index contributed by atoms with van der Waals surface area (Å²) >= 11 is 3.26. The van der Waals surface area contributed by atoms with E-state index in [1.165, 1.54) is 4.31 Å². The molecule has 1 aliphatic rings. The summed E-state index contributed by atoms with van der Waals surface area (Å²) in [5.74, 6) is -0.250. The highest BCUT2D eigenvalue weighted by Gasteiger charge is 2.32. The molecule has 1 heterocycles. The van der Waals surface area contributed by atoms with Gasteiger partial charge < -0.3 is 5.32 Å². The summed E-state index contributed by atoms with van der Waals surface area (Å²) in [6.07, 6.45) is 0. The third-order valence-electron chi connectivity index (χ3n) is 3.30. The summed E-state index contributed by atoms with van der Waals surface area (Å²) < 4.78 is 49.9. The number of sulfone groups is 1. The summed E-state index contributed by atoms with van der Waals surface area (Å²) in [5.41, 5.74) is 0.851. The van der Waals surface area contributed by atoms with Crippen molar-refractivity contribution in [3.63, 3.8) is 0 Å². The van der Waals surface area contributed by atoms with Crippen LogP contribution >= 0.6 is 15.9 Å². The molecule has 0 saturated carbocycles. The molecule has 2 rings (SSSR count). The van der Waals surface area contributed by atoms with E-state index in [4.69, 9.17) is 0 Å². The van der Waals surface area contributed by atoms with Crippen LogP contribution in [0.25, 0.3) is 0 Å². The number of benzene rings is 1. The molecular formula is C12H17BrN2O4S2. The van der Waals surface area contributed by atoms with Gasteiger partial charge in [0, 0.05) is 24.1 Å². The van der Waals surface area contributed by atoms with Crippen LogP contribution in [0.2, 0.25) is 0 Å². The Balaban J connectivity index is 2.33. The van der Waals surface area contributed by atoms with Crippen LogP contribution < -0.4 is 5.32 Å². The number of halogens is 1. The Hall–Kier alpha value is -0.480. The van der Waals surface area contributed by atoms with Crippen LogP contribution in [0, 0.1) is 0 Å². The van der Waals surface area contributed by atoms with Crippen LogP contribution in [0.1, 0.15) is 5.56 Å². The number of nitrogens with zero attached hydrogens (tertiary/aromatic N) is 1. The van der Waals surface area contributed by atoms with Crippen molar-refractivity contribution < 1.29 is 16.8 Å². The second kappa shape index (κ2) is 6.33. The number of sulfonamides is 1. The first-order valence-electron chi connectivity index (χ1n) is 6.40. The molecule has 0 spiro atoms. The molecule has 0 aromatic heterocycles. The second-order valence-corrected chi connectivity index (χ2v) is 9.92. The van der Waals surface area contributed by atoms with Crippen molar-refractivity contribution in [3.05, 3.63) is 28.2 Å². The minimum Gasteiger partial charge on any atom is -0.316 e. The SMILES string of the molecule is CNCc1ccc(Br)c(S(=O)(=O)N2CCS(=O)(=O)CC2)c1. The smallest absolute Gasteiger partial charge is 0.244 e. The van der Waals surface area contributed by atoms with Crippen molar-refractivity contribution in [1.29, 1.82) is 0 Å². The molecule has 0 radical (unpaired) electrons. The molecule has 1 saturated heterocycles. The van der Waals surface area contributed by atoms with Crippen molar-refractivity contribution >= 4 is 35.8 Å². The van der Waals surface area contributed by atoms with E-state index < -0.39 is 19.9 Å². The first kappa shape index (κ1) is 16.9. The van der Waals surface area contributed by atoms with Crippen molar-refractivity contribution in [2.75, 3.05) is 31.6 Å². The maximum Gasteiger partial charge on any atom is 0.244 e. The summed E-state index contributed by atoms with van der Waals surface area (Å²) in [4.78, 5) is 0.176. The zero-order chi connectivity index (χ0) is 15.7. The highest BCUT2D eigenvalue weighted by atomic mass is 79.9. The Labute approximate surface area is 133 Å². The first-order chi connectivity index (χ1) is 9.76. The monoisotopic (exact) mass is 396 g/mol. The maximum atomic E-state index is 12.7. The minimum atomic E-state index is -3.69. The van der Waals surface area contributed by atoms with Gasteiger partial charge in [0.25, 0.3) is 0 Å². The van der Waals surface area contributed by atoms with E-state index in [9.17, 15) is 16.8 Å². The fourth-order valence-corrected chi connectivity index (χ4v) is 5.98. The standard InChI is InChI=1S/C12H17BrN2O4S2/c1-14-9-10-2-3-11(13)12(8-10)21(18,19)15-4-6-20(16,17)7-5-15/h2-3,8,14H,4-7,9H2,1H3. The lowest BCUT2D eigenvalue weighted by molar-refractivity contribution is 0.430. The van der Waals surface area contributed by atoms with Gasteiger partial charge in [-0.25, -0.2) is 16.8 Å². The molecule has 0 unspecified atom stereocenters. The van der Waals surface area contributed by atoms with Crippen LogP contribution in [0.3, 0.4) is 0 Å². The Morgan fingerprint density at radius 2 is 1.90 bits per heavy atom. The average molecular weight is 397 g/mol. The molecule has 0 bridgehead atoms. The van der Waals surface area contributed by atoms with Crippen molar-refractivity contribution in [3.8, 4) is 0 Å². The molecule has 1 aromatic rings. The fraction of sp³-hybridized carbons (Fsp3) is 0.500. The van der Waals surface area contributed by atoms with Gasteiger partial charge in [-0.05, 0) is 40.7 Å². The first-order valence-corrected chi connectivity index (χ1v) is 10.5. The molecule has 6 nitrogen and oxygen atoms in total. The predicted octanol–water partition coefficient (Wildman–Crippen LogP) is 0.588.